The van der Waals surface area contributed by atoms with Gasteiger partial charge in [-0.25, -0.2) is 0 Å². The summed E-state index contributed by atoms with van der Waals surface area (Å²) >= 11 is 0. The lowest BCUT2D eigenvalue weighted by atomic mass is 9.89. The van der Waals surface area contributed by atoms with Crippen LogP contribution in [0.5, 0.6) is 5.75 Å². The monoisotopic (exact) mass is 321 g/mol. The number of hydrogen-bond donors (Lipinski definition) is 1. The predicted molar refractivity (Wildman–Crippen MR) is 92.2 cm³/mol. The van der Waals surface area contributed by atoms with Crippen LogP contribution in [0.25, 0.3) is 11.0 Å². The Morgan fingerprint density at radius 2 is 1.79 bits per heavy atom. The summed E-state index contributed by atoms with van der Waals surface area (Å²) in [6.07, 6.45) is 1.94. The fourth-order valence-corrected chi connectivity index (χ4v) is 3.43. The molecule has 1 aromatic heterocycles. The average molecular weight is 321 g/mol. The summed E-state index contributed by atoms with van der Waals surface area (Å²) in [5, 5.41) is 10.3. The van der Waals surface area contributed by atoms with Crippen LogP contribution in [0, 0.1) is 0 Å². The molecular weight excluding hydrogens is 302 g/mol. The molecular formula is C20H19NO3. The predicted octanol–water partition coefficient (Wildman–Crippen LogP) is 4.16. The van der Waals surface area contributed by atoms with E-state index in [-0.39, 0.29) is 11.7 Å². The van der Waals surface area contributed by atoms with Gasteiger partial charge in [0.2, 0.25) is 0 Å². The first-order chi connectivity index (χ1) is 11.7. The number of furan rings is 1. The number of phenols is 1. The minimum absolute atomic E-state index is 0.0720. The van der Waals surface area contributed by atoms with Crippen LogP contribution in [0.2, 0.25) is 0 Å². The first-order valence-corrected chi connectivity index (χ1v) is 8.27. The van der Waals surface area contributed by atoms with Gasteiger partial charge in [-0.3, -0.25) is 4.79 Å². The topological polar surface area (TPSA) is 53.7 Å². The van der Waals surface area contributed by atoms with E-state index in [1.165, 1.54) is 5.56 Å². The maximum atomic E-state index is 12.7. The molecule has 4 nitrogen and oxygen atoms in total. The Hall–Kier alpha value is -2.75. The fourth-order valence-electron chi connectivity index (χ4n) is 3.43. The standard InChI is InChI=1S/C20H19NO3/c22-17-6-7-18-16(12-17)13-19(24-18)20(23)21-10-8-15(9-11-21)14-4-2-1-3-5-14/h1-7,12-13,15,22H,8-11H2. The van der Waals surface area contributed by atoms with Gasteiger partial charge in [-0.1, -0.05) is 30.3 Å². The Kier molecular flexibility index (Phi) is 3.73. The third-order valence-corrected chi connectivity index (χ3v) is 4.76. The molecule has 0 unspecified atom stereocenters. The number of amides is 1. The summed E-state index contributed by atoms with van der Waals surface area (Å²) in [5.41, 5.74) is 1.97. The van der Waals surface area contributed by atoms with Crippen LogP contribution in [0.3, 0.4) is 0 Å². The molecule has 0 bridgehead atoms. The molecule has 1 saturated heterocycles. The molecule has 1 aliphatic rings. The average Bonchev–Trinajstić information content (AvgIpc) is 3.05. The Balaban J connectivity index is 1.47. The number of phenolic OH excluding ortho intramolecular Hbond substituents is 1. The number of hydrogen-bond acceptors (Lipinski definition) is 3. The summed E-state index contributed by atoms with van der Waals surface area (Å²) in [4.78, 5) is 14.5. The second-order valence-corrected chi connectivity index (χ2v) is 6.31. The van der Waals surface area contributed by atoms with Gasteiger partial charge in [-0.2, -0.15) is 0 Å². The number of carbonyl (C=O) groups is 1. The van der Waals surface area contributed by atoms with Crippen molar-refractivity contribution >= 4 is 16.9 Å². The third kappa shape index (κ3) is 2.75. The molecule has 1 fully saturated rings. The molecule has 2 heterocycles. The van der Waals surface area contributed by atoms with Gasteiger partial charge in [0, 0.05) is 18.5 Å². The zero-order chi connectivity index (χ0) is 16.5. The van der Waals surface area contributed by atoms with E-state index in [1.54, 1.807) is 24.3 Å². The number of piperidine rings is 1. The van der Waals surface area contributed by atoms with Crippen molar-refractivity contribution in [3.8, 4) is 5.75 Å². The van der Waals surface area contributed by atoms with Gasteiger partial charge >= 0.3 is 0 Å². The summed E-state index contributed by atoms with van der Waals surface area (Å²) in [6.45, 7) is 1.47. The maximum absolute atomic E-state index is 12.7. The van der Waals surface area contributed by atoms with E-state index >= 15 is 0 Å². The van der Waals surface area contributed by atoms with Gasteiger partial charge in [0.25, 0.3) is 5.91 Å². The van der Waals surface area contributed by atoms with Crippen molar-refractivity contribution in [1.82, 2.24) is 4.90 Å². The Morgan fingerprint density at radius 3 is 2.54 bits per heavy atom. The number of fused-ring (bicyclic) bond motifs is 1. The van der Waals surface area contributed by atoms with Gasteiger partial charge in [0.15, 0.2) is 5.76 Å². The van der Waals surface area contributed by atoms with Gasteiger partial charge < -0.3 is 14.4 Å². The van der Waals surface area contributed by atoms with Gasteiger partial charge in [0.1, 0.15) is 11.3 Å². The van der Waals surface area contributed by atoms with Crippen LogP contribution in [0.15, 0.2) is 59.0 Å². The maximum Gasteiger partial charge on any atom is 0.289 e. The molecule has 0 spiro atoms. The summed E-state index contributed by atoms with van der Waals surface area (Å²) in [5.74, 6) is 0.958. The second kappa shape index (κ2) is 6.04. The summed E-state index contributed by atoms with van der Waals surface area (Å²) < 4.78 is 5.65. The third-order valence-electron chi connectivity index (χ3n) is 4.76. The number of likely N-dealkylation sites (tertiary alicyclic amines) is 1. The number of aromatic hydroxyl groups is 1. The molecule has 0 atom stereocenters. The lowest BCUT2D eigenvalue weighted by Gasteiger charge is -2.31. The van der Waals surface area contributed by atoms with Gasteiger partial charge in [-0.15, -0.1) is 0 Å². The summed E-state index contributed by atoms with van der Waals surface area (Å²) in [7, 11) is 0. The highest BCUT2D eigenvalue weighted by molar-refractivity contribution is 5.96. The van der Waals surface area contributed by atoms with Crippen molar-refractivity contribution in [3.63, 3.8) is 0 Å². The van der Waals surface area contributed by atoms with Crippen LogP contribution in [0.4, 0.5) is 0 Å². The zero-order valence-corrected chi connectivity index (χ0v) is 13.3. The van der Waals surface area contributed by atoms with Crippen LogP contribution in [-0.2, 0) is 0 Å². The minimum Gasteiger partial charge on any atom is -0.508 e. The molecule has 1 N–H and O–H groups in total. The molecule has 24 heavy (non-hydrogen) atoms. The number of rotatable bonds is 2. The van der Waals surface area contributed by atoms with Crippen molar-refractivity contribution in [1.29, 1.82) is 0 Å². The number of benzene rings is 2. The molecule has 0 radical (unpaired) electrons. The van der Waals surface area contributed by atoms with E-state index in [4.69, 9.17) is 4.42 Å². The highest BCUT2D eigenvalue weighted by atomic mass is 16.3. The fraction of sp³-hybridized carbons (Fsp3) is 0.250. The van der Waals surface area contributed by atoms with E-state index in [0.717, 1.165) is 31.3 Å². The Labute approximate surface area is 140 Å². The summed E-state index contributed by atoms with van der Waals surface area (Å²) in [6, 6.07) is 17.0. The lowest BCUT2D eigenvalue weighted by molar-refractivity contribution is 0.0683. The van der Waals surface area contributed by atoms with Crippen molar-refractivity contribution < 1.29 is 14.3 Å². The van der Waals surface area contributed by atoms with Crippen LogP contribution < -0.4 is 0 Å². The molecule has 0 aliphatic carbocycles. The molecule has 0 saturated carbocycles. The molecule has 3 aromatic rings. The Morgan fingerprint density at radius 1 is 1.04 bits per heavy atom. The van der Waals surface area contributed by atoms with E-state index < -0.39 is 0 Å². The lowest BCUT2D eigenvalue weighted by Crippen LogP contribution is -2.37. The Bertz CT molecular complexity index is 861. The first kappa shape index (κ1) is 14.8. The van der Waals surface area contributed by atoms with Crippen LogP contribution >= 0.6 is 0 Å². The van der Waals surface area contributed by atoms with Crippen LogP contribution in [-0.4, -0.2) is 29.0 Å². The van der Waals surface area contributed by atoms with Crippen molar-refractivity contribution in [2.75, 3.05) is 13.1 Å². The van der Waals surface area contributed by atoms with E-state index in [9.17, 15) is 9.90 Å². The molecule has 122 valence electrons. The van der Waals surface area contributed by atoms with Crippen LogP contribution in [0.1, 0.15) is 34.9 Å². The van der Waals surface area contributed by atoms with Crippen molar-refractivity contribution in [2.45, 2.75) is 18.8 Å². The molecule has 2 aromatic carbocycles. The van der Waals surface area contributed by atoms with E-state index in [1.807, 2.05) is 11.0 Å². The molecule has 1 aliphatic heterocycles. The van der Waals surface area contributed by atoms with E-state index in [2.05, 4.69) is 24.3 Å². The minimum atomic E-state index is -0.0720. The SMILES string of the molecule is O=C(c1cc2cc(O)ccc2o1)N1CCC(c2ccccc2)CC1. The largest absolute Gasteiger partial charge is 0.508 e. The number of nitrogens with zero attached hydrogens (tertiary/aromatic N) is 1. The van der Waals surface area contributed by atoms with Crippen molar-refractivity contribution in [3.05, 3.63) is 65.9 Å². The quantitative estimate of drug-likeness (QED) is 0.771. The normalized spacial score (nSPS) is 15.8. The second-order valence-electron chi connectivity index (χ2n) is 6.31. The zero-order valence-electron chi connectivity index (χ0n) is 13.3. The number of carbonyl (C=O) groups excluding carboxylic acids is 1. The van der Waals surface area contributed by atoms with Gasteiger partial charge in [-0.05, 0) is 48.6 Å². The molecule has 1 amide bonds. The highest BCUT2D eigenvalue weighted by Crippen LogP contribution is 2.29. The highest BCUT2D eigenvalue weighted by Gasteiger charge is 2.26. The van der Waals surface area contributed by atoms with Crippen molar-refractivity contribution in [2.24, 2.45) is 0 Å². The smallest absolute Gasteiger partial charge is 0.289 e. The molecule has 4 rings (SSSR count). The van der Waals surface area contributed by atoms with E-state index in [0.29, 0.717) is 17.3 Å². The molecule has 4 heteroatoms. The first-order valence-electron chi connectivity index (χ1n) is 8.27. The van der Waals surface area contributed by atoms with Gasteiger partial charge in [0.05, 0.1) is 0 Å².